The molecule has 0 aromatic heterocycles. The fourth-order valence-corrected chi connectivity index (χ4v) is 2.04. The van der Waals surface area contributed by atoms with Crippen molar-refractivity contribution in [3.63, 3.8) is 0 Å². The van der Waals surface area contributed by atoms with Gasteiger partial charge in [0.15, 0.2) is 5.78 Å². The molecule has 0 saturated heterocycles. The van der Waals surface area contributed by atoms with E-state index in [-0.39, 0.29) is 5.78 Å². The number of ketones is 1. The van der Waals surface area contributed by atoms with Crippen molar-refractivity contribution in [1.29, 1.82) is 0 Å². The molecule has 0 radical (unpaired) electrons. The highest BCUT2D eigenvalue weighted by molar-refractivity contribution is 14.1. The number of hydrogen-bond donors (Lipinski definition) is 0. The van der Waals surface area contributed by atoms with Gasteiger partial charge in [-0.15, -0.1) is 0 Å². The number of carbonyl (C=O) groups is 1. The van der Waals surface area contributed by atoms with E-state index in [0.717, 1.165) is 9.13 Å². The summed E-state index contributed by atoms with van der Waals surface area (Å²) in [5.41, 5.74) is 2.29. The van der Waals surface area contributed by atoms with Crippen molar-refractivity contribution in [3.8, 4) is 0 Å². The molecule has 0 N–H and O–H groups in total. The second kappa shape index (κ2) is 5.19. The molecule has 2 rings (SSSR count). The first-order chi connectivity index (χ1) is 8.08. The van der Waals surface area contributed by atoms with E-state index in [4.69, 9.17) is 11.6 Å². The monoisotopic (exact) mass is 356 g/mol. The van der Waals surface area contributed by atoms with Gasteiger partial charge < -0.3 is 0 Å². The van der Waals surface area contributed by atoms with Gasteiger partial charge in [0.2, 0.25) is 0 Å². The second-order valence-corrected chi connectivity index (χ2v) is 5.45. The summed E-state index contributed by atoms with van der Waals surface area (Å²) in [5.74, 6) is 0.00306. The van der Waals surface area contributed by atoms with Crippen molar-refractivity contribution in [2.75, 3.05) is 0 Å². The number of aryl methyl sites for hydroxylation is 1. The maximum Gasteiger partial charge on any atom is 0.193 e. The zero-order valence-electron chi connectivity index (χ0n) is 9.21. The summed E-state index contributed by atoms with van der Waals surface area (Å²) in [6.07, 6.45) is 0. The zero-order valence-corrected chi connectivity index (χ0v) is 12.1. The van der Waals surface area contributed by atoms with Gasteiger partial charge in [-0.1, -0.05) is 23.7 Å². The van der Waals surface area contributed by atoms with Crippen molar-refractivity contribution in [3.05, 3.63) is 67.7 Å². The van der Waals surface area contributed by atoms with Crippen molar-refractivity contribution >= 4 is 40.0 Å². The summed E-state index contributed by atoms with van der Waals surface area (Å²) in [4.78, 5) is 12.2. The molecule has 0 atom stereocenters. The number of rotatable bonds is 2. The first-order valence-electron chi connectivity index (χ1n) is 5.14. The van der Waals surface area contributed by atoms with Crippen LogP contribution in [0.1, 0.15) is 21.5 Å². The van der Waals surface area contributed by atoms with Crippen LogP contribution < -0.4 is 0 Å². The first-order valence-corrected chi connectivity index (χ1v) is 6.60. The third-order valence-corrected chi connectivity index (χ3v) is 3.67. The molecule has 1 nitrogen and oxygen atoms in total. The third-order valence-electron chi connectivity index (χ3n) is 2.54. The molecule has 86 valence electrons. The number of hydrogen-bond acceptors (Lipinski definition) is 1. The fraction of sp³-hybridized carbons (Fsp3) is 0.0714. The van der Waals surface area contributed by atoms with E-state index in [9.17, 15) is 4.79 Å². The number of benzene rings is 2. The smallest absolute Gasteiger partial charge is 0.193 e. The predicted octanol–water partition coefficient (Wildman–Crippen LogP) is 4.48. The minimum atomic E-state index is 0.00306. The minimum absolute atomic E-state index is 0.00306. The quantitative estimate of drug-likeness (QED) is 0.572. The van der Waals surface area contributed by atoms with Gasteiger partial charge in [-0.05, 0) is 65.4 Å². The molecular formula is C14H10ClIO. The maximum atomic E-state index is 12.2. The molecule has 0 aliphatic rings. The normalized spacial score (nSPS) is 10.3. The van der Waals surface area contributed by atoms with Crippen LogP contribution in [0.4, 0.5) is 0 Å². The highest BCUT2D eigenvalue weighted by atomic mass is 127. The van der Waals surface area contributed by atoms with Crippen molar-refractivity contribution < 1.29 is 4.79 Å². The van der Waals surface area contributed by atoms with Crippen LogP contribution in [0.3, 0.4) is 0 Å². The van der Waals surface area contributed by atoms with E-state index in [0.29, 0.717) is 16.1 Å². The van der Waals surface area contributed by atoms with Crippen molar-refractivity contribution in [2.45, 2.75) is 6.92 Å². The van der Waals surface area contributed by atoms with E-state index >= 15 is 0 Å². The van der Waals surface area contributed by atoms with Gasteiger partial charge in [0.25, 0.3) is 0 Å². The largest absolute Gasteiger partial charge is 0.289 e. The van der Waals surface area contributed by atoms with Crippen LogP contribution in [-0.2, 0) is 0 Å². The highest BCUT2D eigenvalue weighted by Crippen LogP contribution is 2.19. The van der Waals surface area contributed by atoms with Crippen LogP contribution in [0, 0.1) is 10.5 Å². The summed E-state index contributed by atoms with van der Waals surface area (Å²) in [6.45, 7) is 1.92. The molecule has 17 heavy (non-hydrogen) atoms. The van der Waals surface area contributed by atoms with E-state index in [1.54, 1.807) is 6.07 Å². The Kier molecular flexibility index (Phi) is 3.84. The molecule has 0 fully saturated rings. The molecule has 0 heterocycles. The van der Waals surface area contributed by atoms with E-state index < -0.39 is 0 Å². The molecule has 0 aliphatic carbocycles. The Balaban J connectivity index is 2.37. The SMILES string of the molecule is Cc1ccc(C(=O)c2ccc(I)cc2)cc1Cl. The molecule has 0 unspecified atom stereocenters. The summed E-state index contributed by atoms with van der Waals surface area (Å²) in [7, 11) is 0. The van der Waals surface area contributed by atoms with Gasteiger partial charge in [-0.3, -0.25) is 4.79 Å². The Hall–Kier alpha value is -0.870. The standard InChI is InChI=1S/C14H10ClIO/c1-9-2-3-11(8-13(9)15)14(17)10-4-6-12(16)7-5-10/h2-8H,1H3. The van der Waals surface area contributed by atoms with E-state index in [1.807, 2.05) is 43.3 Å². The Labute approximate surface area is 119 Å². The second-order valence-electron chi connectivity index (χ2n) is 3.80. The predicted molar refractivity (Wildman–Crippen MR) is 78.8 cm³/mol. The zero-order chi connectivity index (χ0) is 12.4. The lowest BCUT2D eigenvalue weighted by molar-refractivity contribution is 0.103. The average Bonchev–Trinajstić information content (AvgIpc) is 2.33. The van der Waals surface area contributed by atoms with Gasteiger partial charge >= 0.3 is 0 Å². The van der Waals surface area contributed by atoms with Gasteiger partial charge in [0.1, 0.15) is 0 Å². The summed E-state index contributed by atoms with van der Waals surface area (Å²) in [6, 6.07) is 12.9. The number of halogens is 2. The van der Waals surface area contributed by atoms with Crippen LogP contribution >= 0.6 is 34.2 Å². The van der Waals surface area contributed by atoms with Crippen LogP contribution in [-0.4, -0.2) is 5.78 Å². The summed E-state index contributed by atoms with van der Waals surface area (Å²) >= 11 is 8.23. The Morgan fingerprint density at radius 3 is 2.24 bits per heavy atom. The minimum Gasteiger partial charge on any atom is -0.289 e. The molecule has 0 spiro atoms. The lowest BCUT2D eigenvalue weighted by Crippen LogP contribution is -2.01. The lowest BCUT2D eigenvalue weighted by atomic mass is 10.0. The third kappa shape index (κ3) is 2.87. The molecular weight excluding hydrogens is 347 g/mol. The molecule has 0 aliphatic heterocycles. The lowest BCUT2D eigenvalue weighted by Gasteiger charge is -2.03. The van der Waals surface area contributed by atoms with Crippen LogP contribution in [0.2, 0.25) is 5.02 Å². The molecule has 3 heteroatoms. The first kappa shape index (κ1) is 12.6. The Bertz CT molecular complexity index is 561. The average molecular weight is 357 g/mol. The van der Waals surface area contributed by atoms with Crippen LogP contribution in [0.5, 0.6) is 0 Å². The molecule has 2 aromatic carbocycles. The Morgan fingerprint density at radius 2 is 1.65 bits per heavy atom. The Morgan fingerprint density at radius 1 is 1.06 bits per heavy atom. The topological polar surface area (TPSA) is 17.1 Å². The van der Waals surface area contributed by atoms with Crippen molar-refractivity contribution in [1.82, 2.24) is 0 Å². The van der Waals surface area contributed by atoms with Gasteiger partial charge in [0, 0.05) is 19.7 Å². The van der Waals surface area contributed by atoms with Gasteiger partial charge in [0.05, 0.1) is 0 Å². The van der Waals surface area contributed by atoms with E-state index in [2.05, 4.69) is 22.6 Å². The van der Waals surface area contributed by atoms with Gasteiger partial charge in [-0.25, -0.2) is 0 Å². The molecule has 0 amide bonds. The molecule has 0 saturated carbocycles. The van der Waals surface area contributed by atoms with Crippen molar-refractivity contribution in [2.24, 2.45) is 0 Å². The summed E-state index contributed by atoms with van der Waals surface area (Å²) in [5, 5.41) is 0.626. The van der Waals surface area contributed by atoms with E-state index in [1.165, 1.54) is 0 Å². The summed E-state index contributed by atoms with van der Waals surface area (Å²) < 4.78 is 1.11. The number of carbonyl (C=O) groups excluding carboxylic acids is 1. The van der Waals surface area contributed by atoms with Crippen LogP contribution in [0.25, 0.3) is 0 Å². The highest BCUT2D eigenvalue weighted by Gasteiger charge is 2.09. The molecule has 0 bridgehead atoms. The van der Waals surface area contributed by atoms with Gasteiger partial charge in [-0.2, -0.15) is 0 Å². The maximum absolute atomic E-state index is 12.2. The molecule has 2 aromatic rings. The fourth-order valence-electron chi connectivity index (χ4n) is 1.50. The van der Waals surface area contributed by atoms with Crippen LogP contribution in [0.15, 0.2) is 42.5 Å².